The van der Waals surface area contributed by atoms with Crippen molar-refractivity contribution in [3.8, 4) is 5.75 Å². The molecule has 5 aromatic carbocycles. The van der Waals surface area contributed by atoms with Crippen LogP contribution in [-0.2, 0) is 6.61 Å². The van der Waals surface area contributed by atoms with E-state index in [1.807, 2.05) is 30.5 Å². The topological polar surface area (TPSA) is 33.6 Å². The Morgan fingerprint density at radius 3 is 2.54 bits per heavy atom. The number of ether oxygens (including phenoxy) is 1. The van der Waals surface area contributed by atoms with Gasteiger partial charge in [0.05, 0.1) is 11.7 Å². The highest BCUT2D eigenvalue weighted by molar-refractivity contribution is 5.86. The first-order chi connectivity index (χ1) is 19.3. The second kappa shape index (κ2) is 10.3. The third kappa shape index (κ3) is 4.61. The standard InChI is InChI=1S/C36H30N2O/c1-3-13-30-25(9-1)11-7-12-28(30)24-39-35-18-6-2-10-27(35)23-37-29-21-19-26(20-22-29)36-33-16-8-15-31(33)32-14-4-5-17-34(32)38-36/h1-15,17-23,31,33,36,38H,16,24H2/t31-,33-,36-/m1/s1. The highest BCUT2D eigenvalue weighted by atomic mass is 16.5. The van der Waals surface area contributed by atoms with Gasteiger partial charge < -0.3 is 10.1 Å². The molecule has 0 fully saturated rings. The molecule has 0 amide bonds. The molecular formula is C36H30N2O. The summed E-state index contributed by atoms with van der Waals surface area (Å²) in [5.74, 6) is 1.85. The summed E-state index contributed by atoms with van der Waals surface area (Å²) in [6.45, 7) is 0.509. The summed E-state index contributed by atoms with van der Waals surface area (Å²) in [4.78, 5) is 4.79. The number of hydrogen-bond donors (Lipinski definition) is 1. The zero-order valence-electron chi connectivity index (χ0n) is 21.7. The number of para-hydroxylation sites is 2. The summed E-state index contributed by atoms with van der Waals surface area (Å²) >= 11 is 0. The minimum absolute atomic E-state index is 0.293. The van der Waals surface area contributed by atoms with Crippen molar-refractivity contribution >= 4 is 28.4 Å². The normalized spacial score (nSPS) is 19.5. The van der Waals surface area contributed by atoms with Crippen LogP contribution in [0, 0.1) is 5.92 Å². The van der Waals surface area contributed by atoms with Crippen LogP contribution in [0.1, 0.15) is 40.6 Å². The Balaban J connectivity index is 1.08. The second-order valence-electron chi connectivity index (χ2n) is 10.4. The van der Waals surface area contributed by atoms with Gasteiger partial charge in [0.2, 0.25) is 0 Å². The predicted molar refractivity (Wildman–Crippen MR) is 161 cm³/mol. The molecule has 1 aliphatic heterocycles. The fourth-order valence-corrected chi connectivity index (χ4v) is 6.08. The van der Waals surface area contributed by atoms with Crippen molar-refractivity contribution < 1.29 is 4.74 Å². The molecule has 0 saturated heterocycles. The van der Waals surface area contributed by atoms with Crippen molar-refractivity contribution in [3.63, 3.8) is 0 Å². The molecule has 0 bridgehead atoms. The molecule has 190 valence electrons. The van der Waals surface area contributed by atoms with Gasteiger partial charge in [0.25, 0.3) is 0 Å². The molecule has 5 aromatic rings. The number of fused-ring (bicyclic) bond motifs is 4. The van der Waals surface area contributed by atoms with Crippen molar-refractivity contribution in [1.29, 1.82) is 0 Å². The summed E-state index contributed by atoms with van der Waals surface area (Å²) in [7, 11) is 0. The van der Waals surface area contributed by atoms with Gasteiger partial charge in [-0.25, -0.2) is 0 Å². The zero-order chi connectivity index (χ0) is 26.0. The van der Waals surface area contributed by atoms with Gasteiger partial charge in [-0.2, -0.15) is 0 Å². The molecule has 0 spiro atoms. The monoisotopic (exact) mass is 506 g/mol. The zero-order valence-corrected chi connectivity index (χ0v) is 21.7. The minimum atomic E-state index is 0.293. The van der Waals surface area contributed by atoms with E-state index < -0.39 is 0 Å². The molecule has 1 aliphatic carbocycles. The smallest absolute Gasteiger partial charge is 0.128 e. The van der Waals surface area contributed by atoms with Crippen molar-refractivity contribution in [2.75, 3.05) is 5.32 Å². The molecule has 3 heteroatoms. The highest BCUT2D eigenvalue weighted by Crippen LogP contribution is 2.49. The van der Waals surface area contributed by atoms with E-state index in [1.54, 1.807) is 0 Å². The first-order valence-corrected chi connectivity index (χ1v) is 13.7. The van der Waals surface area contributed by atoms with E-state index in [0.29, 0.717) is 24.5 Å². The van der Waals surface area contributed by atoms with Gasteiger partial charge >= 0.3 is 0 Å². The van der Waals surface area contributed by atoms with Crippen LogP contribution in [0.15, 0.2) is 132 Å². The number of anilines is 1. The number of allylic oxidation sites excluding steroid dienone is 2. The Bertz CT molecular complexity index is 1680. The molecule has 1 N–H and O–H groups in total. The minimum Gasteiger partial charge on any atom is -0.488 e. The van der Waals surface area contributed by atoms with Crippen molar-refractivity contribution in [2.45, 2.75) is 25.0 Å². The van der Waals surface area contributed by atoms with E-state index in [2.05, 4.69) is 108 Å². The Morgan fingerprint density at radius 1 is 0.795 bits per heavy atom. The van der Waals surface area contributed by atoms with Crippen LogP contribution in [0.2, 0.25) is 0 Å². The maximum absolute atomic E-state index is 6.28. The maximum atomic E-state index is 6.28. The third-order valence-electron chi connectivity index (χ3n) is 8.06. The lowest BCUT2D eigenvalue weighted by molar-refractivity contribution is 0.307. The molecule has 0 radical (unpaired) electrons. The molecule has 0 saturated carbocycles. The Morgan fingerprint density at radius 2 is 1.59 bits per heavy atom. The number of benzene rings is 5. The van der Waals surface area contributed by atoms with Gasteiger partial charge in [0.15, 0.2) is 0 Å². The molecular weight excluding hydrogens is 476 g/mol. The van der Waals surface area contributed by atoms with E-state index in [1.165, 1.54) is 33.2 Å². The average molecular weight is 507 g/mol. The molecule has 0 aromatic heterocycles. The lowest BCUT2D eigenvalue weighted by Gasteiger charge is -2.37. The van der Waals surface area contributed by atoms with Crippen LogP contribution in [0.3, 0.4) is 0 Å². The van der Waals surface area contributed by atoms with E-state index in [4.69, 9.17) is 9.73 Å². The van der Waals surface area contributed by atoms with Gasteiger partial charge in [0, 0.05) is 23.4 Å². The Labute approximate surface area is 229 Å². The van der Waals surface area contributed by atoms with Crippen LogP contribution < -0.4 is 10.1 Å². The third-order valence-corrected chi connectivity index (χ3v) is 8.06. The lowest BCUT2D eigenvalue weighted by Crippen LogP contribution is -2.28. The Hall–Kier alpha value is -4.63. The Kier molecular flexibility index (Phi) is 6.18. The summed E-state index contributed by atoms with van der Waals surface area (Å²) in [5.41, 5.74) is 7.04. The van der Waals surface area contributed by atoms with Gasteiger partial charge in [0.1, 0.15) is 12.4 Å². The van der Waals surface area contributed by atoms with Crippen LogP contribution in [0.4, 0.5) is 11.4 Å². The van der Waals surface area contributed by atoms with Crippen LogP contribution in [0.5, 0.6) is 5.75 Å². The van der Waals surface area contributed by atoms with Gasteiger partial charge in [-0.05, 0) is 70.1 Å². The fraction of sp³-hybridized carbons (Fsp3) is 0.139. The van der Waals surface area contributed by atoms with Gasteiger partial charge in [-0.3, -0.25) is 4.99 Å². The number of hydrogen-bond acceptors (Lipinski definition) is 3. The van der Waals surface area contributed by atoms with E-state index in [-0.39, 0.29) is 0 Å². The largest absolute Gasteiger partial charge is 0.488 e. The van der Waals surface area contributed by atoms with Crippen molar-refractivity contribution in [3.05, 3.63) is 150 Å². The molecule has 39 heavy (non-hydrogen) atoms. The quantitative estimate of drug-likeness (QED) is 0.184. The predicted octanol–water partition coefficient (Wildman–Crippen LogP) is 9.00. The van der Waals surface area contributed by atoms with Crippen LogP contribution in [-0.4, -0.2) is 6.21 Å². The van der Waals surface area contributed by atoms with Crippen LogP contribution >= 0.6 is 0 Å². The van der Waals surface area contributed by atoms with Gasteiger partial charge in [-0.1, -0.05) is 97.1 Å². The SMILES string of the molecule is C1=C[C@@H]2c3ccccc3N[C@H](c3ccc(N=Cc4ccccc4OCc4cccc5ccccc45)cc3)[C@@H]2C1. The van der Waals surface area contributed by atoms with E-state index in [9.17, 15) is 0 Å². The molecule has 2 aliphatic rings. The first kappa shape index (κ1) is 23.5. The number of aliphatic imine (C=N–C) groups is 1. The van der Waals surface area contributed by atoms with E-state index >= 15 is 0 Å². The fourth-order valence-electron chi connectivity index (χ4n) is 6.08. The lowest BCUT2D eigenvalue weighted by atomic mass is 9.77. The summed E-state index contributed by atoms with van der Waals surface area (Å²) in [6.07, 6.45) is 7.73. The number of nitrogens with one attached hydrogen (secondary N) is 1. The van der Waals surface area contributed by atoms with Crippen molar-refractivity contribution in [1.82, 2.24) is 0 Å². The summed E-state index contributed by atoms with van der Waals surface area (Å²) in [5, 5.41) is 6.26. The summed E-state index contributed by atoms with van der Waals surface area (Å²) in [6, 6.07) is 40.5. The first-order valence-electron chi connectivity index (χ1n) is 13.7. The molecule has 0 unspecified atom stereocenters. The number of rotatable bonds is 6. The summed E-state index contributed by atoms with van der Waals surface area (Å²) < 4.78 is 6.28. The molecule has 1 heterocycles. The van der Waals surface area contributed by atoms with Gasteiger partial charge in [-0.15, -0.1) is 0 Å². The number of nitrogens with zero attached hydrogens (tertiary/aromatic N) is 1. The molecule has 3 atom stereocenters. The average Bonchev–Trinajstić information content (AvgIpc) is 3.50. The van der Waals surface area contributed by atoms with E-state index in [0.717, 1.165) is 23.4 Å². The van der Waals surface area contributed by atoms with Crippen molar-refractivity contribution in [2.24, 2.45) is 10.9 Å². The second-order valence-corrected chi connectivity index (χ2v) is 10.4. The highest BCUT2D eigenvalue weighted by Gasteiger charge is 2.37. The molecule has 7 rings (SSSR count). The van der Waals surface area contributed by atoms with Crippen LogP contribution in [0.25, 0.3) is 10.8 Å². The maximum Gasteiger partial charge on any atom is 0.128 e. The molecule has 3 nitrogen and oxygen atoms in total.